The first-order valence-electron chi connectivity index (χ1n) is 10.8. The Hall–Kier alpha value is -3.66. The molecule has 0 atom stereocenters. The molecule has 1 aliphatic rings. The third-order valence-electron chi connectivity index (χ3n) is 4.78. The van der Waals surface area contributed by atoms with Crippen molar-refractivity contribution < 1.29 is 33.7 Å². The summed E-state index contributed by atoms with van der Waals surface area (Å²) in [5.74, 6) is -1.25. The largest absolute Gasteiger partial charge is 0.490 e. The Bertz CT molecular complexity index is 1220. The highest BCUT2D eigenvalue weighted by Gasteiger charge is 2.29. The summed E-state index contributed by atoms with van der Waals surface area (Å²) in [7, 11) is 0. The fourth-order valence-electron chi connectivity index (χ4n) is 3.26. The summed E-state index contributed by atoms with van der Waals surface area (Å²) in [6.45, 7) is 7.10. The Kier molecular flexibility index (Phi) is 8.29. The molecule has 1 amide bonds. The summed E-state index contributed by atoms with van der Waals surface area (Å²) >= 11 is 3.49. The second kappa shape index (κ2) is 11.2. The summed E-state index contributed by atoms with van der Waals surface area (Å²) in [5.41, 5.74) is 1.84. The van der Waals surface area contributed by atoms with Gasteiger partial charge in [0.2, 0.25) is 0 Å². The van der Waals surface area contributed by atoms with Crippen molar-refractivity contribution in [3.8, 4) is 11.5 Å². The van der Waals surface area contributed by atoms with Crippen molar-refractivity contribution in [2.75, 3.05) is 18.2 Å². The van der Waals surface area contributed by atoms with Gasteiger partial charge in [-0.3, -0.25) is 4.79 Å². The van der Waals surface area contributed by atoms with E-state index in [9.17, 15) is 19.5 Å². The minimum absolute atomic E-state index is 0.0533. The maximum atomic E-state index is 13.1. The zero-order valence-corrected chi connectivity index (χ0v) is 21.3. The van der Waals surface area contributed by atoms with E-state index in [-0.39, 0.29) is 18.3 Å². The normalized spacial score (nSPS) is 14.3. The number of esters is 1. The van der Waals surface area contributed by atoms with Crippen molar-refractivity contribution in [2.24, 2.45) is 5.10 Å². The number of hydrogen-bond donors (Lipinski definition) is 1. The Balaban J connectivity index is 1.89. The number of anilines is 1. The number of aromatic carboxylic acids is 1. The van der Waals surface area contributed by atoms with Crippen molar-refractivity contribution in [3.05, 3.63) is 57.6 Å². The molecule has 0 radical (unpaired) electrons. The Morgan fingerprint density at radius 3 is 2.54 bits per heavy atom. The van der Waals surface area contributed by atoms with Gasteiger partial charge in [-0.05, 0) is 69.7 Å². The van der Waals surface area contributed by atoms with Crippen molar-refractivity contribution in [1.82, 2.24) is 0 Å². The van der Waals surface area contributed by atoms with Crippen LogP contribution in [-0.2, 0) is 14.3 Å². The van der Waals surface area contributed by atoms with E-state index in [1.165, 1.54) is 17.1 Å². The fraction of sp³-hybridized carbons (Fsp3) is 0.280. The van der Waals surface area contributed by atoms with E-state index in [0.29, 0.717) is 45.1 Å². The molecular weight excluding hydrogens is 520 g/mol. The molecule has 0 fully saturated rings. The van der Waals surface area contributed by atoms with E-state index < -0.39 is 17.8 Å². The second-order valence-corrected chi connectivity index (χ2v) is 8.65. The molecule has 1 N–H and O–H groups in total. The minimum atomic E-state index is -1.10. The summed E-state index contributed by atoms with van der Waals surface area (Å²) in [4.78, 5) is 36.3. The molecule has 1 aliphatic heterocycles. The molecule has 0 aliphatic carbocycles. The quantitative estimate of drug-likeness (QED) is 0.359. The van der Waals surface area contributed by atoms with Crippen LogP contribution in [0.15, 0.2) is 51.5 Å². The van der Waals surface area contributed by atoms with Crippen molar-refractivity contribution in [3.63, 3.8) is 0 Å². The lowest BCUT2D eigenvalue weighted by Crippen LogP contribution is -2.21. The standard InChI is InChI=1S/C25H25BrN2O7/c1-5-33-21-11-17(20(26)12-22(21)34-13-23(29)35-14(2)3)10-19-15(4)27-28(24(19)30)18-8-6-7-16(9-18)25(31)32/h6-12,14H,5,13H2,1-4H3,(H,31,32)/b19-10+. The number of amides is 1. The van der Waals surface area contributed by atoms with Gasteiger partial charge in [0.25, 0.3) is 5.91 Å². The Morgan fingerprint density at radius 2 is 1.89 bits per heavy atom. The van der Waals surface area contributed by atoms with Crippen LogP contribution in [0.1, 0.15) is 43.6 Å². The molecule has 0 bridgehead atoms. The number of ether oxygens (including phenoxy) is 3. The van der Waals surface area contributed by atoms with Crippen LogP contribution in [0, 0.1) is 0 Å². The summed E-state index contributed by atoms with van der Waals surface area (Å²) in [5, 5.41) is 14.7. The van der Waals surface area contributed by atoms with E-state index in [4.69, 9.17) is 14.2 Å². The molecule has 3 rings (SSSR count). The highest BCUT2D eigenvalue weighted by molar-refractivity contribution is 9.10. The SMILES string of the molecule is CCOc1cc(/C=C2/C(=O)N(c3cccc(C(=O)O)c3)N=C2C)c(Br)cc1OCC(=O)OC(C)C. The first kappa shape index (κ1) is 26.0. The molecule has 0 spiro atoms. The molecule has 1 heterocycles. The van der Waals surface area contributed by atoms with Gasteiger partial charge in [0, 0.05) is 4.47 Å². The smallest absolute Gasteiger partial charge is 0.344 e. The third kappa shape index (κ3) is 6.27. The monoisotopic (exact) mass is 544 g/mol. The molecular formula is C25H25BrN2O7. The zero-order chi connectivity index (χ0) is 25.7. The van der Waals surface area contributed by atoms with Gasteiger partial charge < -0.3 is 19.3 Å². The first-order chi connectivity index (χ1) is 16.6. The van der Waals surface area contributed by atoms with Gasteiger partial charge in [0.1, 0.15) is 0 Å². The number of hydrazone groups is 1. The average molecular weight is 545 g/mol. The van der Waals surface area contributed by atoms with E-state index in [1.54, 1.807) is 51.1 Å². The number of carbonyl (C=O) groups is 3. The van der Waals surface area contributed by atoms with Gasteiger partial charge in [0.15, 0.2) is 18.1 Å². The lowest BCUT2D eigenvalue weighted by Gasteiger charge is -2.15. The summed E-state index contributed by atoms with van der Waals surface area (Å²) < 4.78 is 17.0. The highest BCUT2D eigenvalue weighted by Crippen LogP contribution is 2.36. The summed E-state index contributed by atoms with van der Waals surface area (Å²) in [6, 6.07) is 9.35. The number of carboxylic acids is 1. The van der Waals surface area contributed by atoms with Crippen LogP contribution < -0.4 is 14.5 Å². The number of nitrogens with zero attached hydrogens (tertiary/aromatic N) is 2. The van der Waals surface area contributed by atoms with Crippen molar-refractivity contribution in [2.45, 2.75) is 33.8 Å². The fourth-order valence-corrected chi connectivity index (χ4v) is 3.70. The first-order valence-corrected chi connectivity index (χ1v) is 11.6. The molecule has 10 heteroatoms. The van der Waals surface area contributed by atoms with Crippen LogP contribution in [0.25, 0.3) is 6.08 Å². The molecule has 0 saturated heterocycles. The van der Waals surface area contributed by atoms with Crippen LogP contribution in [0.2, 0.25) is 0 Å². The predicted molar refractivity (Wildman–Crippen MR) is 134 cm³/mol. The van der Waals surface area contributed by atoms with Crippen molar-refractivity contribution in [1.29, 1.82) is 0 Å². The number of rotatable bonds is 9. The van der Waals surface area contributed by atoms with E-state index in [0.717, 1.165) is 0 Å². The van der Waals surface area contributed by atoms with Crippen LogP contribution >= 0.6 is 15.9 Å². The number of carboxylic acid groups (broad SMARTS) is 1. The van der Waals surface area contributed by atoms with Gasteiger partial charge in [-0.15, -0.1) is 0 Å². The number of carbonyl (C=O) groups excluding carboxylic acids is 2. The molecule has 0 aromatic heterocycles. The molecule has 184 valence electrons. The van der Waals surface area contributed by atoms with Crippen LogP contribution in [0.4, 0.5) is 5.69 Å². The molecule has 9 nitrogen and oxygen atoms in total. The molecule has 0 saturated carbocycles. The second-order valence-electron chi connectivity index (χ2n) is 7.80. The van der Waals surface area contributed by atoms with Gasteiger partial charge in [0.05, 0.1) is 35.2 Å². The third-order valence-corrected chi connectivity index (χ3v) is 5.46. The van der Waals surface area contributed by atoms with E-state index in [2.05, 4.69) is 21.0 Å². The highest BCUT2D eigenvalue weighted by atomic mass is 79.9. The van der Waals surface area contributed by atoms with E-state index >= 15 is 0 Å². The average Bonchev–Trinajstić information content (AvgIpc) is 3.08. The predicted octanol–water partition coefficient (Wildman–Crippen LogP) is 4.68. The van der Waals surface area contributed by atoms with Crippen LogP contribution in [0.3, 0.4) is 0 Å². The van der Waals surface area contributed by atoms with Crippen LogP contribution in [0.5, 0.6) is 11.5 Å². The minimum Gasteiger partial charge on any atom is -0.490 e. The maximum Gasteiger partial charge on any atom is 0.344 e. The number of benzene rings is 2. The number of hydrogen-bond acceptors (Lipinski definition) is 7. The topological polar surface area (TPSA) is 115 Å². The van der Waals surface area contributed by atoms with Gasteiger partial charge in [-0.1, -0.05) is 22.0 Å². The lowest BCUT2D eigenvalue weighted by molar-refractivity contribution is -0.149. The number of halogens is 1. The molecule has 35 heavy (non-hydrogen) atoms. The van der Waals surface area contributed by atoms with Crippen LogP contribution in [-0.4, -0.2) is 48.0 Å². The molecule has 2 aromatic carbocycles. The van der Waals surface area contributed by atoms with E-state index in [1.807, 2.05) is 6.92 Å². The Morgan fingerprint density at radius 1 is 1.17 bits per heavy atom. The lowest BCUT2D eigenvalue weighted by atomic mass is 10.1. The van der Waals surface area contributed by atoms with Crippen molar-refractivity contribution >= 4 is 51.3 Å². The van der Waals surface area contributed by atoms with Gasteiger partial charge in [-0.2, -0.15) is 10.1 Å². The molecule has 2 aromatic rings. The maximum absolute atomic E-state index is 13.1. The molecule has 0 unspecified atom stereocenters. The Labute approximate surface area is 211 Å². The van der Waals surface area contributed by atoms with Gasteiger partial charge >= 0.3 is 11.9 Å². The summed E-state index contributed by atoms with van der Waals surface area (Å²) in [6.07, 6.45) is 1.41. The van der Waals surface area contributed by atoms with Gasteiger partial charge in [-0.25, -0.2) is 9.59 Å². The zero-order valence-electron chi connectivity index (χ0n) is 19.7.